The smallest absolute Gasteiger partial charge is 0.338 e. The summed E-state index contributed by atoms with van der Waals surface area (Å²) in [5.74, 6) is -0.270. The number of fused-ring (bicyclic) bond motifs is 1. The number of hydrogen-bond acceptors (Lipinski definition) is 3. The molecule has 0 fully saturated rings. The lowest BCUT2D eigenvalue weighted by Crippen LogP contribution is -2.17. The number of ketones is 1. The first-order chi connectivity index (χ1) is 6.68. The number of cyclic esters (lactones) is 1. The van der Waals surface area contributed by atoms with E-state index in [0.717, 1.165) is 5.56 Å². The lowest BCUT2D eigenvalue weighted by atomic mass is 9.98. The van der Waals surface area contributed by atoms with E-state index in [0.29, 0.717) is 24.2 Å². The van der Waals surface area contributed by atoms with Crippen molar-refractivity contribution < 1.29 is 14.3 Å². The van der Waals surface area contributed by atoms with Crippen LogP contribution in [0.4, 0.5) is 0 Å². The third kappa shape index (κ3) is 1.41. The minimum atomic E-state index is -0.290. The van der Waals surface area contributed by atoms with Gasteiger partial charge in [0.15, 0.2) is 5.78 Å². The summed E-state index contributed by atoms with van der Waals surface area (Å²) in [6.45, 7) is 1.93. The number of benzene rings is 1. The third-order valence-corrected chi connectivity index (χ3v) is 2.34. The molecule has 1 heterocycles. The molecule has 0 atom stereocenters. The van der Waals surface area contributed by atoms with Gasteiger partial charge < -0.3 is 4.74 Å². The molecule has 72 valence electrons. The number of ether oxygens (including phenoxy) is 1. The van der Waals surface area contributed by atoms with Crippen LogP contribution in [0.3, 0.4) is 0 Å². The van der Waals surface area contributed by atoms with Gasteiger partial charge in [-0.3, -0.25) is 4.79 Å². The molecular weight excluding hydrogens is 180 g/mol. The van der Waals surface area contributed by atoms with Crippen LogP contribution in [-0.2, 0) is 11.2 Å². The van der Waals surface area contributed by atoms with Crippen LogP contribution in [0.15, 0.2) is 18.2 Å². The third-order valence-electron chi connectivity index (χ3n) is 2.34. The zero-order valence-electron chi connectivity index (χ0n) is 7.87. The summed E-state index contributed by atoms with van der Waals surface area (Å²) in [4.78, 5) is 22.4. The average Bonchev–Trinajstić information content (AvgIpc) is 2.17. The van der Waals surface area contributed by atoms with Crippen molar-refractivity contribution in [2.45, 2.75) is 13.3 Å². The molecule has 0 saturated heterocycles. The molecule has 2 rings (SSSR count). The fourth-order valence-corrected chi connectivity index (χ4v) is 1.55. The predicted octanol–water partition coefficient (Wildman–Crippen LogP) is 1.60. The van der Waals surface area contributed by atoms with Crippen molar-refractivity contribution in [3.05, 3.63) is 34.9 Å². The Labute approximate surface area is 81.7 Å². The summed E-state index contributed by atoms with van der Waals surface area (Å²) in [6.07, 6.45) is 0.697. The average molecular weight is 190 g/mol. The minimum absolute atomic E-state index is 0.0201. The van der Waals surface area contributed by atoms with E-state index in [4.69, 9.17) is 4.74 Å². The molecule has 0 unspecified atom stereocenters. The Hall–Kier alpha value is -1.64. The van der Waals surface area contributed by atoms with Crippen molar-refractivity contribution in [3.8, 4) is 0 Å². The molecule has 0 bridgehead atoms. The second kappa shape index (κ2) is 3.25. The maximum absolute atomic E-state index is 11.3. The van der Waals surface area contributed by atoms with E-state index in [1.165, 1.54) is 6.92 Å². The van der Waals surface area contributed by atoms with Gasteiger partial charge in [-0.1, -0.05) is 6.07 Å². The van der Waals surface area contributed by atoms with Gasteiger partial charge in [-0.15, -0.1) is 0 Å². The first-order valence-electron chi connectivity index (χ1n) is 4.49. The Morgan fingerprint density at radius 2 is 2.21 bits per heavy atom. The van der Waals surface area contributed by atoms with Gasteiger partial charge in [0.05, 0.1) is 12.2 Å². The Morgan fingerprint density at radius 1 is 1.43 bits per heavy atom. The van der Waals surface area contributed by atoms with Gasteiger partial charge in [-0.05, 0) is 24.6 Å². The van der Waals surface area contributed by atoms with E-state index in [1.54, 1.807) is 18.2 Å². The number of rotatable bonds is 1. The summed E-state index contributed by atoms with van der Waals surface area (Å²) < 4.78 is 4.88. The van der Waals surface area contributed by atoms with Crippen LogP contribution in [0, 0.1) is 0 Å². The van der Waals surface area contributed by atoms with Crippen LogP contribution in [0.25, 0.3) is 0 Å². The van der Waals surface area contributed by atoms with Crippen LogP contribution in [-0.4, -0.2) is 18.4 Å². The summed E-state index contributed by atoms with van der Waals surface area (Å²) in [7, 11) is 0. The summed E-state index contributed by atoms with van der Waals surface area (Å²) in [6, 6.07) is 5.10. The maximum Gasteiger partial charge on any atom is 0.338 e. The van der Waals surface area contributed by atoms with Crippen molar-refractivity contribution >= 4 is 11.8 Å². The van der Waals surface area contributed by atoms with E-state index in [2.05, 4.69) is 0 Å². The normalized spacial score (nSPS) is 14.5. The van der Waals surface area contributed by atoms with Crippen LogP contribution in [0.1, 0.15) is 33.2 Å². The van der Waals surface area contributed by atoms with E-state index in [1.807, 2.05) is 0 Å². The molecule has 0 spiro atoms. The monoisotopic (exact) mass is 190 g/mol. The summed E-state index contributed by atoms with van der Waals surface area (Å²) in [5, 5.41) is 0. The van der Waals surface area contributed by atoms with Gasteiger partial charge in [0.25, 0.3) is 0 Å². The SMILES string of the molecule is CC(=O)c1ccc2c(c1)CCOC2=O. The Morgan fingerprint density at radius 3 is 2.93 bits per heavy atom. The van der Waals surface area contributed by atoms with Crippen molar-refractivity contribution in [2.24, 2.45) is 0 Å². The molecule has 1 aliphatic heterocycles. The Balaban J connectivity index is 2.49. The molecule has 3 nitrogen and oxygen atoms in total. The van der Waals surface area contributed by atoms with Crippen molar-refractivity contribution in [2.75, 3.05) is 6.61 Å². The van der Waals surface area contributed by atoms with E-state index >= 15 is 0 Å². The molecule has 1 aromatic rings. The molecule has 14 heavy (non-hydrogen) atoms. The van der Waals surface area contributed by atoms with E-state index in [-0.39, 0.29) is 11.8 Å². The van der Waals surface area contributed by atoms with Gasteiger partial charge in [0, 0.05) is 12.0 Å². The molecule has 1 aromatic carbocycles. The fourth-order valence-electron chi connectivity index (χ4n) is 1.55. The van der Waals surface area contributed by atoms with Crippen LogP contribution >= 0.6 is 0 Å². The van der Waals surface area contributed by atoms with Gasteiger partial charge >= 0.3 is 5.97 Å². The number of esters is 1. The van der Waals surface area contributed by atoms with Gasteiger partial charge in [-0.25, -0.2) is 4.79 Å². The van der Waals surface area contributed by atoms with Gasteiger partial charge in [0.2, 0.25) is 0 Å². The summed E-state index contributed by atoms with van der Waals surface area (Å²) in [5.41, 5.74) is 2.15. The molecular formula is C11H10O3. The van der Waals surface area contributed by atoms with Crippen LogP contribution in [0.5, 0.6) is 0 Å². The molecule has 0 saturated carbocycles. The van der Waals surface area contributed by atoms with Crippen molar-refractivity contribution in [3.63, 3.8) is 0 Å². The molecule has 0 aliphatic carbocycles. The topological polar surface area (TPSA) is 43.4 Å². The number of carbonyl (C=O) groups is 2. The minimum Gasteiger partial charge on any atom is -0.462 e. The molecule has 3 heteroatoms. The van der Waals surface area contributed by atoms with Crippen LogP contribution in [0.2, 0.25) is 0 Å². The zero-order chi connectivity index (χ0) is 10.1. The quantitative estimate of drug-likeness (QED) is 0.499. The van der Waals surface area contributed by atoms with Gasteiger partial charge in [-0.2, -0.15) is 0 Å². The zero-order valence-corrected chi connectivity index (χ0v) is 7.87. The van der Waals surface area contributed by atoms with Crippen molar-refractivity contribution in [1.29, 1.82) is 0 Å². The highest BCUT2D eigenvalue weighted by molar-refractivity contribution is 5.97. The highest BCUT2D eigenvalue weighted by atomic mass is 16.5. The fraction of sp³-hybridized carbons (Fsp3) is 0.273. The second-order valence-electron chi connectivity index (χ2n) is 3.31. The lowest BCUT2D eigenvalue weighted by Gasteiger charge is -2.15. The standard InChI is InChI=1S/C11H10O3/c1-7(12)8-2-3-10-9(6-8)4-5-14-11(10)13/h2-3,6H,4-5H2,1H3. The molecule has 0 radical (unpaired) electrons. The molecule has 0 aromatic heterocycles. The largest absolute Gasteiger partial charge is 0.462 e. The summed E-state index contributed by atoms with van der Waals surface area (Å²) >= 11 is 0. The number of Topliss-reactive ketones (excluding diaryl/α,β-unsaturated/α-hetero) is 1. The Kier molecular flexibility index (Phi) is 2.08. The highest BCUT2D eigenvalue weighted by Crippen LogP contribution is 2.18. The van der Waals surface area contributed by atoms with E-state index < -0.39 is 0 Å². The van der Waals surface area contributed by atoms with Crippen molar-refractivity contribution in [1.82, 2.24) is 0 Å². The molecule has 1 aliphatic rings. The number of carbonyl (C=O) groups excluding carboxylic acids is 2. The second-order valence-corrected chi connectivity index (χ2v) is 3.31. The van der Waals surface area contributed by atoms with E-state index in [9.17, 15) is 9.59 Å². The molecule has 0 N–H and O–H groups in total. The highest BCUT2D eigenvalue weighted by Gasteiger charge is 2.18. The first-order valence-corrected chi connectivity index (χ1v) is 4.49. The Bertz CT molecular complexity index is 407. The lowest BCUT2D eigenvalue weighted by molar-refractivity contribution is 0.0480. The first kappa shape index (κ1) is 8.94. The predicted molar refractivity (Wildman–Crippen MR) is 50.4 cm³/mol. The van der Waals surface area contributed by atoms with Gasteiger partial charge in [0.1, 0.15) is 0 Å². The molecule has 0 amide bonds. The number of hydrogen-bond donors (Lipinski definition) is 0. The van der Waals surface area contributed by atoms with Crippen LogP contribution < -0.4 is 0 Å². The maximum atomic E-state index is 11.3.